The van der Waals surface area contributed by atoms with Crippen LogP contribution in [0.25, 0.3) is 0 Å². The molecule has 3 nitrogen and oxygen atoms in total. The van der Waals surface area contributed by atoms with Crippen molar-refractivity contribution in [1.82, 2.24) is 0 Å². The number of carboxylic acids is 1. The zero-order chi connectivity index (χ0) is 22.7. The van der Waals surface area contributed by atoms with Crippen LogP contribution in [0.3, 0.4) is 0 Å². The standard InChI is InChI=1S/C28H48O3/c1-2-3-4-5-6-7-8-9-10-11-14-17-20-23-26-31-27-24-21-18-15-12-13-16-19-22-25-28(29)30/h17-18,20-21,23-24,26-27H,2-16,19,22,25H2,1H3,(H,29,30)/b20-17-,21-18-,26-23-,27-24+. The van der Waals surface area contributed by atoms with Crippen LogP contribution in [0.2, 0.25) is 0 Å². The quantitative estimate of drug-likeness (QED) is 0.0993. The van der Waals surface area contributed by atoms with Crippen LogP contribution in [0, 0.1) is 0 Å². The van der Waals surface area contributed by atoms with Crippen LogP contribution >= 0.6 is 0 Å². The lowest BCUT2D eigenvalue weighted by molar-refractivity contribution is -0.137. The molecule has 0 aromatic rings. The zero-order valence-electron chi connectivity index (χ0n) is 20.1. The van der Waals surface area contributed by atoms with E-state index in [1.165, 1.54) is 70.6 Å². The molecule has 0 aliphatic heterocycles. The predicted molar refractivity (Wildman–Crippen MR) is 134 cm³/mol. The van der Waals surface area contributed by atoms with E-state index in [2.05, 4.69) is 25.2 Å². The molecule has 0 bridgehead atoms. The first-order chi connectivity index (χ1) is 15.3. The molecule has 0 radical (unpaired) electrons. The number of carboxylic acid groups (broad SMARTS) is 1. The summed E-state index contributed by atoms with van der Waals surface area (Å²) in [5.74, 6) is -0.688. The molecule has 0 aromatic heterocycles. The fraction of sp³-hybridized carbons (Fsp3) is 0.679. The van der Waals surface area contributed by atoms with Gasteiger partial charge >= 0.3 is 5.97 Å². The first-order valence-corrected chi connectivity index (χ1v) is 12.8. The average Bonchev–Trinajstić information content (AvgIpc) is 2.76. The van der Waals surface area contributed by atoms with Crippen molar-refractivity contribution in [3.05, 3.63) is 49.0 Å². The molecule has 0 saturated carbocycles. The van der Waals surface area contributed by atoms with Crippen molar-refractivity contribution in [2.45, 2.75) is 122 Å². The van der Waals surface area contributed by atoms with Crippen LogP contribution in [-0.2, 0) is 9.53 Å². The Kier molecular flexibility index (Phi) is 24.8. The second kappa shape index (κ2) is 26.3. The van der Waals surface area contributed by atoms with Gasteiger partial charge in [0.1, 0.15) is 0 Å². The van der Waals surface area contributed by atoms with Gasteiger partial charge in [-0.05, 0) is 44.3 Å². The van der Waals surface area contributed by atoms with Gasteiger partial charge < -0.3 is 9.84 Å². The predicted octanol–water partition coefficient (Wildman–Crippen LogP) is 9.27. The molecule has 0 heterocycles. The van der Waals surface area contributed by atoms with E-state index in [1.807, 2.05) is 18.2 Å². The highest BCUT2D eigenvalue weighted by molar-refractivity contribution is 5.66. The van der Waals surface area contributed by atoms with Crippen molar-refractivity contribution >= 4 is 5.97 Å². The van der Waals surface area contributed by atoms with Crippen LogP contribution in [0.15, 0.2) is 49.0 Å². The first kappa shape index (κ1) is 29.2. The van der Waals surface area contributed by atoms with Crippen LogP contribution in [0.5, 0.6) is 0 Å². The first-order valence-electron chi connectivity index (χ1n) is 12.8. The summed E-state index contributed by atoms with van der Waals surface area (Å²) in [5, 5.41) is 8.57. The van der Waals surface area contributed by atoms with Crippen LogP contribution in [-0.4, -0.2) is 11.1 Å². The average molecular weight is 433 g/mol. The maximum absolute atomic E-state index is 10.4. The molecule has 0 fully saturated rings. The summed E-state index contributed by atoms with van der Waals surface area (Å²) in [6.07, 6.45) is 37.3. The van der Waals surface area contributed by atoms with Crippen molar-refractivity contribution in [3.8, 4) is 0 Å². The lowest BCUT2D eigenvalue weighted by atomic mass is 10.1. The molecule has 0 unspecified atom stereocenters. The van der Waals surface area contributed by atoms with Crippen LogP contribution < -0.4 is 0 Å². The number of hydrogen-bond donors (Lipinski definition) is 1. The number of hydrogen-bond acceptors (Lipinski definition) is 2. The highest BCUT2D eigenvalue weighted by Gasteiger charge is 1.95. The van der Waals surface area contributed by atoms with Gasteiger partial charge in [-0.25, -0.2) is 0 Å². The Bertz CT molecular complexity index is 488. The van der Waals surface area contributed by atoms with E-state index in [9.17, 15) is 4.79 Å². The molecule has 0 amide bonds. The van der Waals surface area contributed by atoms with Crippen molar-refractivity contribution in [2.24, 2.45) is 0 Å². The summed E-state index contributed by atoms with van der Waals surface area (Å²) in [7, 11) is 0. The lowest BCUT2D eigenvalue weighted by Gasteiger charge is -2.01. The summed E-state index contributed by atoms with van der Waals surface area (Å²) in [4.78, 5) is 10.4. The summed E-state index contributed by atoms with van der Waals surface area (Å²) in [5.41, 5.74) is 0. The van der Waals surface area contributed by atoms with Crippen molar-refractivity contribution in [2.75, 3.05) is 0 Å². The van der Waals surface area contributed by atoms with Gasteiger partial charge in [-0.3, -0.25) is 4.79 Å². The third-order valence-corrected chi connectivity index (χ3v) is 5.29. The monoisotopic (exact) mass is 432 g/mol. The van der Waals surface area contributed by atoms with Gasteiger partial charge in [0, 0.05) is 6.42 Å². The Labute approximate surface area is 192 Å². The van der Waals surface area contributed by atoms with E-state index >= 15 is 0 Å². The minimum Gasteiger partial charge on any atom is -0.481 e. The minimum atomic E-state index is -0.688. The molecule has 0 atom stereocenters. The Balaban J connectivity index is 3.34. The normalized spacial score (nSPS) is 12.2. The van der Waals surface area contributed by atoms with E-state index in [0.29, 0.717) is 6.42 Å². The Morgan fingerprint density at radius 3 is 1.48 bits per heavy atom. The number of allylic oxidation sites excluding steroid dienone is 6. The van der Waals surface area contributed by atoms with Gasteiger partial charge in [0.05, 0.1) is 12.5 Å². The third kappa shape index (κ3) is 28.2. The second-order valence-corrected chi connectivity index (χ2v) is 8.32. The molecular weight excluding hydrogens is 384 g/mol. The molecule has 1 N–H and O–H groups in total. The van der Waals surface area contributed by atoms with E-state index in [0.717, 1.165) is 38.5 Å². The number of rotatable bonds is 23. The molecule has 0 spiro atoms. The van der Waals surface area contributed by atoms with Crippen LogP contribution in [0.4, 0.5) is 0 Å². The Morgan fingerprint density at radius 1 is 0.613 bits per heavy atom. The summed E-state index contributed by atoms with van der Waals surface area (Å²) >= 11 is 0. The second-order valence-electron chi connectivity index (χ2n) is 8.32. The topological polar surface area (TPSA) is 46.5 Å². The minimum absolute atomic E-state index is 0.300. The number of aliphatic carboxylic acids is 1. The molecule has 0 aliphatic carbocycles. The van der Waals surface area contributed by atoms with E-state index < -0.39 is 5.97 Å². The zero-order valence-corrected chi connectivity index (χ0v) is 20.1. The third-order valence-electron chi connectivity index (χ3n) is 5.29. The highest BCUT2D eigenvalue weighted by atomic mass is 16.5. The van der Waals surface area contributed by atoms with Gasteiger partial charge in [-0.1, -0.05) is 108 Å². The van der Waals surface area contributed by atoms with Crippen molar-refractivity contribution in [3.63, 3.8) is 0 Å². The summed E-state index contributed by atoms with van der Waals surface area (Å²) in [6, 6.07) is 0. The number of carbonyl (C=O) groups is 1. The SMILES string of the molecule is CCCCCCCCCCCC/C=C\C=C/O/C=C/C=C\CCCCCCCC(=O)O. The molecule has 0 aliphatic rings. The smallest absolute Gasteiger partial charge is 0.303 e. The summed E-state index contributed by atoms with van der Waals surface area (Å²) in [6.45, 7) is 2.27. The fourth-order valence-electron chi connectivity index (χ4n) is 3.39. The van der Waals surface area contributed by atoms with Gasteiger partial charge in [0.25, 0.3) is 0 Å². The molecule has 31 heavy (non-hydrogen) atoms. The van der Waals surface area contributed by atoms with Crippen molar-refractivity contribution < 1.29 is 14.6 Å². The maximum atomic E-state index is 10.4. The van der Waals surface area contributed by atoms with E-state index in [4.69, 9.17) is 9.84 Å². The van der Waals surface area contributed by atoms with E-state index in [-0.39, 0.29) is 0 Å². The van der Waals surface area contributed by atoms with Gasteiger partial charge in [-0.2, -0.15) is 0 Å². The number of unbranched alkanes of at least 4 members (excludes halogenated alkanes) is 15. The van der Waals surface area contributed by atoms with E-state index in [1.54, 1.807) is 12.5 Å². The fourth-order valence-corrected chi connectivity index (χ4v) is 3.39. The van der Waals surface area contributed by atoms with Crippen LogP contribution in [0.1, 0.15) is 122 Å². The maximum Gasteiger partial charge on any atom is 0.303 e. The van der Waals surface area contributed by atoms with Gasteiger partial charge in [0.15, 0.2) is 0 Å². The van der Waals surface area contributed by atoms with Crippen molar-refractivity contribution in [1.29, 1.82) is 0 Å². The molecule has 0 rings (SSSR count). The summed E-state index contributed by atoms with van der Waals surface area (Å²) < 4.78 is 5.32. The molecule has 178 valence electrons. The molecule has 0 saturated heterocycles. The number of ether oxygens (including phenoxy) is 1. The Morgan fingerprint density at radius 2 is 1.03 bits per heavy atom. The highest BCUT2D eigenvalue weighted by Crippen LogP contribution is 2.11. The Hall–Kier alpha value is -1.77. The van der Waals surface area contributed by atoms with Gasteiger partial charge in [0.2, 0.25) is 0 Å². The van der Waals surface area contributed by atoms with Gasteiger partial charge in [-0.15, -0.1) is 0 Å². The molecular formula is C28H48O3. The lowest BCUT2D eigenvalue weighted by Crippen LogP contribution is -1.93. The largest absolute Gasteiger partial charge is 0.481 e. The molecule has 3 heteroatoms. The molecule has 0 aromatic carbocycles.